The minimum atomic E-state index is -0.490. The second kappa shape index (κ2) is 11.5. The fourth-order valence-electron chi connectivity index (χ4n) is 8.87. The number of fused-ring (bicyclic) bond motifs is 10. The molecule has 3 nitrogen and oxygen atoms in total. The van der Waals surface area contributed by atoms with Gasteiger partial charge in [0, 0.05) is 38.9 Å². The van der Waals surface area contributed by atoms with Gasteiger partial charge in [-0.2, -0.15) is 0 Å². The number of para-hydroxylation sites is 1. The lowest BCUT2D eigenvalue weighted by Gasteiger charge is -2.34. The van der Waals surface area contributed by atoms with E-state index in [1.807, 2.05) is 12.3 Å². The average molecular weight is 674 g/mol. The minimum absolute atomic E-state index is 0.490. The van der Waals surface area contributed by atoms with E-state index in [9.17, 15) is 0 Å². The summed E-state index contributed by atoms with van der Waals surface area (Å²) in [4.78, 5) is 15.3. The highest BCUT2D eigenvalue weighted by molar-refractivity contribution is 6.18. The van der Waals surface area contributed by atoms with Gasteiger partial charge in [0.15, 0.2) is 0 Å². The molecule has 0 spiro atoms. The first-order valence-corrected chi connectivity index (χ1v) is 18.1. The molecule has 3 aromatic heterocycles. The van der Waals surface area contributed by atoms with E-state index in [-0.39, 0.29) is 0 Å². The van der Waals surface area contributed by atoms with Crippen LogP contribution in [0.5, 0.6) is 0 Å². The van der Waals surface area contributed by atoms with Crippen molar-refractivity contribution in [2.45, 2.75) is 5.41 Å². The van der Waals surface area contributed by atoms with Gasteiger partial charge in [-0.1, -0.05) is 164 Å². The van der Waals surface area contributed by atoms with E-state index < -0.39 is 5.41 Å². The smallest absolute Gasteiger partial charge is 0.0972 e. The zero-order chi connectivity index (χ0) is 34.9. The van der Waals surface area contributed by atoms with Crippen molar-refractivity contribution in [3.8, 4) is 33.6 Å². The van der Waals surface area contributed by atoms with Crippen molar-refractivity contribution in [1.29, 1.82) is 0 Å². The molecule has 0 aliphatic heterocycles. The maximum absolute atomic E-state index is 5.47. The lowest BCUT2D eigenvalue weighted by molar-refractivity contribution is 0.769. The molecule has 0 bridgehead atoms. The maximum atomic E-state index is 5.47. The third-order valence-electron chi connectivity index (χ3n) is 11.2. The van der Waals surface area contributed by atoms with E-state index in [0.29, 0.717) is 0 Å². The van der Waals surface area contributed by atoms with Crippen LogP contribution in [0.25, 0.3) is 77.1 Å². The summed E-state index contributed by atoms with van der Waals surface area (Å²) in [6.07, 6.45) is 1.84. The lowest BCUT2D eigenvalue weighted by atomic mass is 9.67. The first-order valence-electron chi connectivity index (χ1n) is 18.1. The molecule has 7 aromatic carbocycles. The monoisotopic (exact) mass is 673 g/mol. The molecule has 3 heterocycles. The summed E-state index contributed by atoms with van der Waals surface area (Å²) in [5.74, 6) is 0. The second-order valence-electron chi connectivity index (χ2n) is 13.9. The topological polar surface area (TPSA) is 38.7 Å². The Bertz CT molecular complexity index is 3000. The molecule has 3 heteroatoms. The maximum Gasteiger partial charge on any atom is 0.0972 e. The quantitative estimate of drug-likeness (QED) is 0.175. The van der Waals surface area contributed by atoms with Gasteiger partial charge in [0.2, 0.25) is 0 Å². The molecule has 0 atom stereocenters. The molecule has 0 unspecified atom stereocenters. The number of hydrogen-bond donors (Lipinski definition) is 0. The fourth-order valence-corrected chi connectivity index (χ4v) is 8.87. The predicted molar refractivity (Wildman–Crippen MR) is 218 cm³/mol. The Kier molecular flexibility index (Phi) is 6.47. The SMILES string of the molecule is c1ccc(C2(c3ccccc3)c3ccccc3-c3c2ccc2c3c(-c3ccc(-c4ccc5ccc6cccnc6c5n4)cc3)nc3ccccc32)cc1. The molecule has 0 amide bonds. The van der Waals surface area contributed by atoms with Crippen LogP contribution in [0, 0.1) is 0 Å². The Labute approximate surface area is 306 Å². The van der Waals surface area contributed by atoms with Crippen LogP contribution >= 0.6 is 0 Å². The van der Waals surface area contributed by atoms with E-state index in [0.717, 1.165) is 55.2 Å². The lowest BCUT2D eigenvalue weighted by Crippen LogP contribution is -2.28. The number of pyridine rings is 3. The molecule has 0 radical (unpaired) electrons. The number of hydrogen-bond acceptors (Lipinski definition) is 3. The van der Waals surface area contributed by atoms with Crippen LogP contribution in [0.1, 0.15) is 22.3 Å². The molecule has 53 heavy (non-hydrogen) atoms. The van der Waals surface area contributed by atoms with Crippen LogP contribution in [0.3, 0.4) is 0 Å². The average Bonchev–Trinajstić information content (AvgIpc) is 3.55. The van der Waals surface area contributed by atoms with E-state index in [1.165, 1.54) is 44.2 Å². The Balaban J connectivity index is 1.18. The summed E-state index contributed by atoms with van der Waals surface area (Å²) in [5, 5.41) is 5.71. The van der Waals surface area contributed by atoms with E-state index in [1.54, 1.807) is 0 Å². The third-order valence-corrected chi connectivity index (χ3v) is 11.2. The van der Waals surface area contributed by atoms with Crippen molar-refractivity contribution in [3.05, 3.63) is 210 Å². The molecule has 0 saturated heterocycles. The van der Waals surface area contributed by atoms with Crippen molar-refractivity contribution in [3.63, 3.8) is 0 Å². The van der Waals surface area contributed by atoms with Crippen molar-refractivity contribution in [2.75, 3.05) is 0 Å². The molecule has 1 aliphatic rings. The second-order valence-corrected chi connectivity index (χ2v) is 13.9. The van der Waals surface area contributed by atoms with Crippen LogP contribution in [0.2, 0.25) is 0 Å². The van der Waals surface area contributed by atoms with Crippen LogP contribution in [0.15, 0.2) is 188 Å². The summed E-state index contributed by atoms with van der Waals surface area (Å²) < 4.78 is 0. The fraction of sp³-hybridized carbons (Fsp3) is 0.0200. The van der Waals surface area contributed by atoms with Gasteiger partial charge in [-0.3, -0.25) is 4.98 Å². The zero-order valence-corrected chi connectivity index (χ0v) is 28.7. The predicted octanol–water partition coefficient (Wildman–Crippen LogP) is 12.2. The summed E-state index contributed by atoms with van der Waals surface area (Å²) in [6, 6.07) is 65.5. The van der Waals surface area contributed by atoms with E-state index in [4.69, 9.17) is 9.97 Å². The van der Waals surface area contributed by atoms with Gasteiger partial charge in [-0.15, -0.1) is 0 Å². The van der Waals surface area contributed by atoms with Gasteiger partial charge < -0.3 is 0 Å². The van der Waals surface area contributed by atoms with E-state index >= 15 is 0 Å². The Morgan fingerprint density at radius 3 is 1.87 bits per heavy atom. The van der Waals surface area contributed by atoms with Gasteiger partial charge in [0.05, 0.1) is 33.4 Å². The third kappa shape index (κ3) is 4.31. The summed E-state index contributed by atoms with van der Waals surface area (Å²) in [7, 11) is 0. The highest BCUT2D eigenvalue weighted by Crippen LogP contribution is 2.58. The number of benzene rings is 7. The molecular formula is C50H31N3. The number of aromatic nitrogens is 3. The van der Waals surface area contributed by atoms with Gasteiger partial charge in [0.1, 0.15) is 0 Å². The van der Waals surface area contributed by atoms with Crippen molar-refractivity contribution < 1.29 is 0 Å². The Hall–Kier alpha value is -6.97. The normalized spacial score (nSPS) is 13.1. The van der Waals surface area contributed by atoms with Gasteiger partial charge in [-0.25, -0.2) is 9.97 Å². The Morgan fingerprint density at radius 1 is 0.415 bits per heavy atom. The molecule has 0 fully saturated rings. The molecule has 0 N–H and O–H groups in total. The van der Waals surface area contributed by atoms with E-state index in [2.05, 4.69) is 181 Å². The largest absolute Gasteiger partial charge is 0.254 e. The highest BCUT2D eigenvalue weighted by atomic mass is 14.8. The van der Waals surface area contributed by atoms with Crippen molar-refractivity contribution in [2.24, 2.45) is 0 Å². The first-order chi connectivity index (χ1) is 26.3. The standard InChI is InChI=1S/C50H31N3/c1-3-13-36(14-4-1)50(37-15-5-2-6-16-37)41-19-9-7-18-40(41)45-42(50)29-28-39-38-17-8-10-20-44(38)53-47(46(39)45)34-23-21-32(22-24-34)43-30-27-35-26-25-33-12-11-31-51-48(33)49(35)52-43/h1-31H. The minimum Gasteiger partial charge on any atom is -0.254 e. The number of rotatable bonds is 4. The van der Waals surface area contributed by atoms with Crippen LogP contribution < -0.4 is 0 Å². The summed E-state index contributed by atoms with van der Waals surface area (Å²) in [6.45, 7) is 0. The van der Waals surface area contributed by atoms with Gasteiger partial charge in [0.25, 0.3) is 0 Å². The molecule has 246 valence electrons. The van der Waals surface area contributed by atoms with Gasteiger partial charge in [-0.05, 0) is 57.0 Å². The van der Waals surface area contributed by atoms with Crippen LogP contribution in [0.4, 0.5) is 0 Å². The van der Waals surface area contributed by atoms with Gasteiger partial charge >= 0.3 is 0 Å². The highest BCUT2D eigenvalue weighted by Gasteiger charge is 2.47. The van der Waals surface area contributed by atoms with Crippen molar-refractivity contribution >= 4 is 43.5 Å². The van der Waals surface area contributed by atoms with Crippen LogP contribution in [-0.2, 0) is 5.41 Å². The summed E-state index contributed by atoms with van der Waals surface area (Å²) in [5.41, 5.74) is 13.9. The summed E-state index contributed by atoms with van der Waals surface area (Å²) >= 11 is 0. The van der Waals surface area contributed by atoms with Crippen LogP contribution in [-0.4, -0.2) is 15.0 Å². The Morgan fingerprint density at radius 2 is 1.08 bits per heavy atom. The molecule has 0 saturated carbocycles. The van der Waals surface area contributed by atoms with Crippen molar-refractivity contribution in [1.82, 2.24) is 15.0 Å². The number of nitrogens with zero attached hydrogens (tertiary/aromatic N) is 3. The molecule has 10 aromatic rings. The molecule has 11 rings (SSSR count). The zero-order valence-electron chi connectivity index (χ0n) is 28.7. The molecule has 1 aliphatic carbocycles. The first kappa shape index (κ1) is 29.7. The molecular weight excluding hydrogens is 643 g/mol.